The fraction of sp³-hybridized carbons (Fsp3) is 0.280. The molecular formula is C25H24ClNO4S2. The van der Waals surface area contributed by atoms with Gasteiger partial charge in [0.1, 0.15) is 0 Å². The van der Waals surface area contributed by atoms with E-state index < -0.39 is 25.1 Å². The van der Waals surface area contributed by atoms with Crippen LogP contribution in [0.5, 0.6) is 0 Å². The van der Waals surface area contributed by atoms with Gasteiger partial charge in [-0.3, -0.25) is 0 Å². The van der Waals surface area contributed by atoms with E-state index in [1.807, 2.05) is 12.1 Å². The molecule has 33 heavy (non-hydrogen) atoms. The molecule has 5 nitrogen and oxygen atoms in total. The predicted molar refractivity (Wildman–Crippen MR) is 129 cm³/mol. The summed E-state index contributed by atoms with van der Waals surface area (Å²) in [5, 5.41) is 0.0854. The molecular weight excluding hydrogens is 478 g/mol. The topological polar surface area (TPSA) is 71.5 Å². The first-order valence-electron chi connectivity index (χ1n) is 11.0. The second-order valence-corrected chi connectivity index (χ2v) is 13.2. The van der Waals surface area contributed by atoms with Gasteiger partial charge in [-0.2, -0.15) is 4.31 Å². The van der Waals surface area contributed by atoms with Gasteiger partial charge in [-0.15, -0.1) is 0 Å². The Morgan fingerprint density at radius 2 is 1.18 bits per heavy atom. The number of sulfone groups is 1. The van der Waals surface area contributed by atoms with Crippen molar-refractivity contribution in [2.45, 2.75) is 52.8 Å². The van der Waals surface area contributed by atoms with Crippen LogP contribution in [0.15, 0.2) is 88.7 Å². The highest BCUT2D eigenvalue weighted by molar-refractivity contribution is 7.92. The first-order valence-corrected chi connectivity index (χ1v) is 14.3. The molecule has 2 aliphatic rings. The number of nitrogens with zero attached hydrogens (tertiary/aromatic N) is 1. The van der Waals surface area contributed by atoms with Gasteiger partial charge >= 0.3 is 0 Å². The van der Waals surface area contributed by atoms with E-state index in [-0.39, 0.29) is 17.0 Å². The van der Waals surface area contributed by atoms with Crippen LogP contribution in [0.25, 0.3) is 11.1 Å². The summed E-state index contributed by atoms with van der Waals surface area (Å²) < 4.78 is 54.9. The molecule has 0 amide bonds. The minimum Gasteiger partial charge on any atom is -0.223 e. The SMILES string of the molecule is O=S(=O)(c1ccccc1)C1CC2CCC(C1)N2S(=O)(=O)c1ccc(-c2ccc(Cl)cc2)cc1. The molecule has 0 aliphatic carbocycles. The van der Waals surface area contributed by atoms with Crippen molar-refractivity contribution < 1.29 is 16.8 Å². The normalized spacial score (nSPS) is 23.5. The standard InChI is InChI=1S/C25H24ClNO4S2/c26-20-10-6-18(7-11-20)19-8-14-24(15-9-19)33(30,31)27-21-12-13-22(27)17-25(16-21)32(28,29)23-4-2-1-3-5-23/h1-11,14-15,21-22,25H,12-13,16-17H2. The Kier molecular flexibility index (Phi) is 5.85. The fourth-order valence-electron chi connectivity index (χ4n) is 5.12. The Hall–Kier alpha value is -2.19. The zero-order chi connectivity index (χ0) is 23.2. The molecule has 8 heteroatoms. The Morgan fingerprint density at radius 1 is 0.667 bits per heavy atom. The quantitative estimate of drug-likeness (QED) is 0.484. The van der Waals surface area contributed by atoms with Gasteiger partial charge in [-0.1, -0.05) is 54.1 Å². The van der Waals surface area contributed by atoms with E-state index >= 15 is 0 Å². The second-order valence-electron chi connectivity index (χ2n) is 8.70. The van der Waals surface area contributed by atoms with Crippen LogP contribution in [0.2, 0.25) is 5.02 Å². The fourth-order valence-corrected chi connectivity index (χ4v) is 9.01. The van der Waals surface area contributed by atoms with Crippen molar-refractivity contribution in [2.75, 3.05) is 0 Å². The van der Waals surface area contributed by atoms with Crippen LogP contribution in [-0.4, -0.2) is 38.5 Å². The average Bonchev–Trinajstić information content (AvgIpc) is 3.11. The first-order chi connectivity index (χ1) is 15.8. The molecule has 2 heterocycles. The number of rotatable bonds is 5. The lowest BCUT2D eigenvalue weighted by Crippen LogP contribution is -2.49. The Morgan fingerprint density at radius 3 is 1.73 bits per heavy atom. The molecule has 0 spiro atoms. The van der Waals surface area contributed by atoms with Crippen LogP contribution in [-0.2, 0) is 19.9 Å². The Balaban J connectivity index is 1.38. The van der Waals surface area contributed by atoms with E-state index in [2.05, 4.69) is 0 Å². The highest BCUT2D eigenvalue weighted by Crippen LogP contribution is 2.43. The highest BCUT2D eigenvalue weighted by Gasteiger charge is 2.50. The molecule has 3 aromatic rings. The van der Waals surface area contributed by atoms with Gasteiger partial charge in [-0.05, 0) is 73.2 Å². The monoisotopic (exact) mass is 501 g/mol. The summed E-state index contributed by atoms with van der Waals surface area (Å²) in [5.74, 6) is 0. The number of sulfonamides is 1. The van der Waals surface area contributed by atoms with E-state index in [0.717, 1.165) is 11.1 Å². The lowest BCUT2D eigenvalue weighted by atomic mass is 10.1. The number of hydrogen-bond acceptors (Lipinski definition) is 4. The lowest BCUT2D eigenvalue weighted by molar-refractivity contribution is 0.249. The zero-order valence-electron chi connectivity index (χ0n) is 17.8. The minimum atomic E-state index is -3.72. The third-order valence-electron chi connectivity index (χ3n) is 6.74. The summed E-state index contributed by atoms with van der Waals surface area (Å²) in [4.78, 5) is 0.546. The van der Waals surface area contributed by atoms with E-state index in [4.69, 9.17) is 11.6 Å². The maximum absolute atomic E-state index is 13.5. The molecule has 2 saturated heterocycles. The number of piperidine rings is 1. The smallest absolute Gasteiger partial charge is 0.223 e. The molecule has 5 rings (SSSR count). The Bertz CT molecular complexity index is 1340. The minimum absolute atomic E-state index is 0.237. The summed E-state index contributed by atoms with van der Waals surface area (Å²) in [5.41, 5.74) is 1.86. The van der Waals surface area contributed by atoms with Crippen molar-refractivity contribution in [2.24, 2.45) is 0 Å². The van der Waals surface area contributed by atoms with E-state index in [1.54, 1.807) is 71.0 Å². The predicted octanol–water partition coefficient (Wildman–Crippen LogP) is 5.17. The molecule has 3 aromatic carbocycles. The van der Waals surface area contributed by atoms with Crippen molar-refractivity contribution in [3.63, 3.8) is 0 Å². The third-order valence-corrected chi connectivity index (χ3v) is 11.2. The van der Waals surface area contributed by atoms with Gasteiger partial charge in [-0.25, -0.2) is 16.8 Å². The van der Waals surface area contributed by atoms with E-state index in [0.29, 0.717) is 35.6 Å². The second kappa shape index (κ2) is 8.55. The van der Waals surface area contributed by atoms with E-state index in [1.165, 1.54) is 0 Å². The van der Waals surface area contributed by atoms with Gasteiger partial charge < -0.3 is 0 Å². The number of hydrogen-bond donors (Lipinski definition) is 0. The summed E-state index contributed by atoms with van der Waals surface area (Å²) in [6, 6.07) is 22.1. The van der Waals surface area contributed by atoms with Gasteiger partial charge in [0.15, 0.2) is 9.84 Å². The lowest BCUT2D eigenvalue weighted by Gasteiger charge is -2.37. The molecule has 2 unspecified atom stereocenters. The van der Waals surface area contributed by atoms with Crippen molar-refractivity contribution >= 4 is 31.5 Å². The molecule has 2 bridgehead atoms. The summed E-state index contributed by atoms with van der Waals surface area (Å²) in [7, 11) is -7.21. The molecule has 2 atom stereocenters. The molecule has 172 valence electrons. The van der Waals surface area contributed by atoms with Crippen LogP contribution in [0, 0.1) is 0 Å². The van der Waals surface area contributed by atoms with Crippen LogP contribution >= 0.6 is 11.6 Å². The molecule has 0 radical (unpaired) electrons. The highest BCUT2D eigenvalue weighted by atomic mass is 35.5. The van der Waals surface area contributed by atoms with Crippen molar-refractivity contribution in [1.82, 2.24) is 4.31 Å². The van der Waals surface area contributed by atoms with Gasteiger partial charge in [0.05, 0.1) is 15.0 Å². The molecule has 0 N–H and O–H groups in total. The third kappa shape index (κ3) is 4.12. The van der Waals surface area contributed by atoms with Gasteiger partial charge in [0.2, 0.25) is 10.0 Å². The van der Waals surface area contributed by atoms with Gasteiger partial charge in [0.25, 0.3) is 0 Å². The Labute approximate surface area is 200 Å². The van der Waals surface area contributed by atoms with E-state index in [9.17, 15) is 16.8 Å². The van der Waals surface area contributed by atoms with Crippen LogP contribution < -0.4 is 0 Å². The number of benzene rings is 3. The van der Waals surface area contributed by atoms with Gasteiger partial charge in [0, 0.05) is 17.1 Å². The summed E-state index contributed by atoms with van der Waals surface area (Å²) in [6.07, 6.45) is 2.03. The summed E-state index contributed by atoms with van der Waals surface area (Å²) in [6.45, 7) is 0. The molecule has 2 aliphatic heterocycles. The molecule has 0 aromatic heterocycles. The van der Waals surface area contributed by atoms with Crippen molar-refractivity contribution in [3.05, 3.63) is 83.9 Å². The van der Waals surface area contributed by atoms with Crippen molar-refractivity contribution in [3.8, 4) is 11.1 Å². The molecule has 2 fully saturated rings. The zero-order valence-corrected chi connectivity index (χ0v) is 20.2. The van der Waals surface area contributed by atoms with Crippen LogP contribution in [0.3, 0.4) is 0 Å². The maximum Gasteiger partial charge on any atom is 0.243 e. The van der Waals surface area contributed by atoms with Crippen molar-refractivity contribution in [1.29, 1.82) is 0 Å². The molecule has 0 saturated carbocycles. The first kappa shape index (κ1) is 22.6. The van der Waals surface area contributed by atoms with Crippen LogP contribution in [0.1, 0.15) is 25.7 Å². The largest absolute Gasteiger partial charge is 0.243 e. The van der Waals surface area contributed by atoms with Crippen LogP contribution in [0.4, 0.5) is 0 Å². The average molecular weight is 502 g/mol. The number of fused-ring (bicyclic) bond motifs is 2. The maximum atomic E-state index is 13.5. The summed E-state index contributed by atoms with van der Waals surface area (Å²) >= 11 is 5.95. The number of halogens is 1.